The van der Waals surface area contributed by atoms with Crippen molar-refractivity contribution in [2.75, 3.05) is 13.6 Å². The third-order valence-corrected chi connectivity index (χ3v) is 5.79. The molecule has 1 rings (SSSR count). The maximum Gasteiger partial charge on any atom is 0.318 e. The molecule has 0 aromatic rings. The van der Waals surface area contributed by atoms with Crippen LogP contribution < -0.4 is 0 Å². The van der Waals surface area contributed by atoms with Crippen LogP contribution in [0.1, 0.15) is 46.0 Å². The van der Waals surface area contributed by atoms with Gasteiger partial charge in [-0.1, -0.05) is 19.3 Å². The van der Waals surface area contributed by atoms with Gasteiger partial charge >= 0.3 is 5.97 Å². The summed E-state index contributed by atoms with van der Waals surface area (Å²) in [5, 5.41) is 8.86. The zero-order chi connectivity index (χ0) is 14.6. The minimum atomic E-state index is -3.71. The Balaban J connectivity index is 2.88. The molecule has 112 valence electrons. The lowest BCUT2D eigenvalue weighted by Crippen LogP contribution is -2.51. The van der Waals surface area contributed by atoms with Gasteiger partial charge < -0.3 is 5.11 Å². The standard InChI is InChI=1S/C12H24N2O4S/c1-10(2)14(9-12(15)16)19(17,18)13(3)11-7-5-4-6-8-11/h10-11H,4-9H2,1-3H3,(H,15,16). The molecule has 1 aliphatic carbocycles. The number of nitrogens with zero attached hydrogens (tertiary/aromatic N) is 2. The van der Waals surface area contributed by atoms with Crippen molar-refractivity contribution in [1.82, 2.24) is 8.61 Å². The van der Waals surface area contributed by atoms with Crippen molar-refractivity contribution in [3.05, 3.63) is 0 Å². The zero-order valence-corrected chi connectivity index (χ0v) is 12.7. The molecule has 0 radical (unpaired) electrons. The summed E-state index contributed by atoms with van der Waals surface area (Å²) < 4.78 is 27.4. The van der Waals surface area contributed by atoms with Crippen LogP contribution in [0.25, 0.3) is 0 Å². The van der Waals surface area contributed by atoms with Gasteiger partial charge in [-0.2, -0.15) is 17.0 Å². The van der Waals surface area contributed by atoms with E-state index < -0.39 is 22.7 Å². The summed E-state index contributed by atoms with van der Waals surface area (Å²) in [5.41, 5.74) is 0. The molecular weight excluding hydrogens is 268 g/mol. The second-order valence-electron chi connectivity index (χ2n) is 5.35. The van der Waals surface area contributed by atoms with Gasteiger partial charge in [-0.05, 0) is 26.7 Å². The maximum absolute atomic E-state index is 12.5. The van der Waals surface area contributed by atoms with E-state index in [0.29, 0.717) is 0 Å². The number of hydrogen-bond acceptors (Lipinski definition) is 3. The largest absolute Gasteiger partial charge is 0.480 e. The van der Waals surface area contributed by atoms with Gasteiger partial charge in [0.1, 0.15) is 6.54 Å². The Morgan fingerprint density at radius 2 is 1.79 bits per heavy atom. The third kappa shape index (κ3) is 4.15. The number of hydrogen-bond donors (Lipinski definition) is 1. The third-order valence-electron chi connectivity index (χ3n) is 3.62. The van der Waals surface area contributed by atoms with Gasteiger partial charge in [-0.3, -0.25) is 4.79 Å². The number of carbonyl (C=O) groups is 1. The number of carboxylic acids is 1. The second kappa shape index (κ2) is 6.67. The molecule has 6 nitrogen and oxygen atoms in total. The molecule has 0 saturated heterocycles. The molecule has 0 bridgehead atoms. The molecule has 0 atom stereocenters. The van der Waals surface area contributed by atoms with Gasteiger partial charge in [-0.25, -0.2) is 0 Å². The van der Waals surface area contributed by atoms with Crippen LogP contribution in [0.3, 0.4) is 0 Å². The summed E-state index contributed by atoms with van der Waals surface area (Å²) in [4.78, 5) is 10.8. The second-order valence-corrected chi connectivity index (χ2v) is 7.29. The van der Waals surface area contributed by atoms with Crippen LogP contribution in [0.4, 0.5) is 0 Å². The van der Waals surface area contributed by atoms with E-state index in [1.54, 1.807) is 20.9 Å². The van der Waals surface area contributed by atoms with Crippen LogP contribution in [-0.2, 0) is 15.0 Å². The molecule has 1 saturated carbocycles. The predicted octanol–water partition coefficient (Wildman–Crippen LogP) is 1.29. The number of rotatable bonds is 6. The summed E-state index contributed by atoms with van der Waals surface area (Å²) in [6.45, 7) is 2.89. The molecular formula is C12H24N2O4S. The fourth-order valence-corrected chi connectivity index (χ4v) is 4.19. The topological polar surface area (TPSA) is 77.9 Å². The molecule has 0 spiro atoms. The van der Waals surface area contributed by atoms with Crippen molar-refractivity contribution in [3.63, 3.8) is 0 Å². The summed E-state index contributed by atoms with van der Waals surface area (Å²) in [6.07, 6.45) is 4.92. The highest BCUT2D eigenvalue weighted by atomic mass is 32.2. The molecule has 0 aromatic carbocycles. The van der Waals surface area contributed by atoms with Crippen molar-refractivity contribution in [1.29, 1.82) is 0 Å². The first-order chi connectivity index (χ1) is 8.76. The van der Waals surface area contributed by atoms with Crippen molar-refractivity contribution >= 4 is 16.2 Å². The lowest BCUT2D eigenvalue weighted by atomic mass is 9.96. The fourth-order valence-electron chi connectivity index (χ4n) is 2.46. The highest BCUT2D eigenvalue weighted by molar-refractivity contribution is 7.86. The van der Waals surface area contributed by atoms with Gasteiger partial charge in [0.15, 0.2) is 0 Å². The first kappa shape index (κ1) is 16.4. The molecule has 0 heterocycles. The molecule has 0 aromatic heterocycles. The quantitative estimate of drug-likeness (QED) is 0.800. The van der Waals surface area contributed by atoms with Gasteiger partial charge in [-0.15, -0.1) is 0 Å². The van der Waals surface area contributed by atoms with E-state index in [1.807, 2.05) is 0 Å². The summed E-state index contributed by atoms with van der Waals surface area (Å²) in [7, 11) is -2.15. The van der Waals surface area contributed by atoms with Crippen molar-refractivity contribution in [2.24, 2.45) is 0 Å². The minimum absolute atomic E-state index is 0.00575. The van der Waals surface area contributed by atoms with Crippen LogP contribution >= 0.6 is 0 Å². The first-order valence-corrected chi connectivity index (χ1v) is 8.13. The van der Waals surface area contributed by atoms with Crippen LogP contribution in [0.5, 0.6) is 0 Å². The predicted molar refractivity (Wildman–Crippen MR) is 73.0 cm³/mol. The van der Waals surface area contributed by atoms with E-state index in [2.05, 4.69) is 0 Å². The molecule has 0 aliphatic heterocycles. The zero-order valence-electron chi connectivity index (χ0n) is 11.9. The van der Waals surface area contributed by atoms with Crippen LogP contribution in [0.2, 0.25) is 0 Å². The fraction of sp³-hybridized carbons (Fsp3) is 0.917. The van der Waals surface area contributed by atoms with Gasteiger partial charge in [0.05, 0.1) is 0 Å². The number of carboxylic acid groups (broad SMARTS) is 1. The van der Waals surface area contributed by atoms with Crippen LogP contribution in [0, 0.1) is 0 Å². The first-order valence-electron chi connectivity index (χ1n) is 6.73. The molecule has 1 aliphatic rings. The lowest BCUT2D eigenvalue weighted by Gasteiger charge is -2.35. The summed E-state index contributed by atoms with van der Waals surface area (Å²) in [6, 6.07) is -0.374. The highest BCUT2D eigenvalue weighted by Crippen LogP contribution is 2.25. The summed E-state index contributed by atoms with van der Waals surface area (Å²) in [5.74, 6) is -1.13. The number of aliphatic carboxylic acids is 1. The molecule has 7 heteroatoms. The average Bonchev–Trinajstić information content (AvgIpc) is 2.35. The van der Waals surface area contributed by atoms with E-state index in [9.17, 15) is 13.2 Å². The van der Waals surface area contributed by atoms with Crippen LogP contribution in [-0.4, -0.2) is 53.8 Å². The Kier molecular flexibility index (Phi) is 5.76. The van der Waals surface area contributed by atoms with E-state index in [0.717, 1.165) is 36.4 Å². The van der Waals surface area contributed by atoms with E-state index in [1.165, 1.54) is 4.31 Å². The Morgan fingerprint density at radius 1 is 1.26 bits per heavy atom. The minimum Gasteiger partial charge on any atom is -0.480 e. The van der Waals surface area contributed by atoms with E-state index >= 15 is 0 Å². The van der Waals surface area contributed by atoms with Gasteiger partial charge in [0, 0.05) is 19.1 Å². The summed E-state index contributed by atoms with van der Waals surface area (Å²) >= 11 is 0. The molecule has 1 N–H and O–H groups in total. The van der Waals surface area contributed by atoms with E-state index in [-0.39, 0.29) is 12.1 Å². The normalized spacial score (nSPS) is 18.4. The lowest BCUT2D eigenvalue weighted by molar-refractivity contribution is -0.137. The van der Waals surface area contributed by atoms with Crippen LogP contribution in [0.15, 0.2) is 0 Å². The van der Waals surface area contributed by atoms with Crippen molar-refractivity contribution < 1.29 is 18.3 Å². The van der Waals surface area contributed by atoms with Crippen molar-refractivity contribution in [2.45, 2.75) is 58.0 Å². The Labute approximate surface area is 115 Å². The monoisotopic (exact) mass is 292 g/mol. The SMILES string of the molecule is CC(C)N(CC(=O)O)S(=O)(=O)N(C)C1CCCCC1. The Bertz CT molecular complexity index is 402. The smallest absolute Gasteiger partial charge is 0.318 e. The Morgan fingerprint density at radius 3 is 2.21 bits per heavy atom. The molecule has 1 fully saturated rings. The highest BCUT2D eigenvalue weighted by Gasteiger charge is 2.35. The Hall–Kier alpha value is -0.660. The van der Waals surface area contributed by atoms with Gasteiger partial charge in [0.25, 0.3) is 10.2 Å². The molecule has 0 unspecified atom stereocenters. The molecule has 0 amide bonds. The van der Waals surface area contributed by atoms with Crippen molar-refractivity contribution in [3.8, 4) is 0 Å². The molecule has 19 heavy (non-hydrogen) atoms. The maximum atomic E-state index is 12.5. The average molecular weight is 292 g/mol. The van der Waals surface area contributed by atoms with E-state index in [4.69, 9.17) is 5.11 Å². The van der Waals surface area contributed by atoms with Gasteiger partial charge in [0.2, 0.25) is 0 Å².